The average molecular weight is 560 g/mol. The summed E-state index contributed by atoms with van der Waals surface area (Å²) >= 11 is 1.48. The Labute approximate surface area is 234 Å². The van der Waals surface area contributed by atoms with Crippen molar-refractivity contribution in [3.63, 3.8) is 0 Å². The Morgan fingerprint density at radius 3 is 2.03 bits per heavy atom. The van der Waals surface area contributed by atoms with Crippen molar-refractivity contribution in [2.24, 2.45) is 4.99 Å². The SMILES string of the molecule is CC.CCCCCC(=O)NCCN(CCN=C1SCC2[C@@H](O)C(O)C[C@@H](O)N12)CCNC(=O)CCCCC. The molecule has 2 amide bonds. The standard InChI is InChI=1S/C25H47N5O5S.C2H6/c1-3-5-7-9-21(32)26-11-14-29(15-12-27-22(33)10-8-6-4-2)16-13-28-25-30-19(18-36-25)24(35)20(31)17-23(30)34;1-2/h19-20,23-24,31,34-35H,3-18H2,1-2H3,(H,26,32)(H,27,33);1-2H3/t19?,20?,23-,24-;/m1./s1. The van der Waals surface area contributed by atoms with Crippen LogP contribution in [0.1, 0.15) is 85.5 Å². The van der Waals surface area contributed by atoms with Gasteiger partial charge in [0.1, 0.15) is 12.3 Å². The van der Waals surface area contributed by atoms with E-state index in [2.05, 4.69) is 34.4 Å². The van der Waals surface area contributed by atoms with Crippen LogP contribution < -0.4 is 10.6 Å². The number of hydrogen-bond donors (Lipinski definition) is 5. The number of aliphatic imine (C=N–C) groups is 1. The highest BCUT2D eigenvalue weighted by Crippen LogP contribution is 2.34. The second-order valence-electron chi connectivity index (χ2n) is 9.68. The highest BCUT2D eigenvalue weighted by molar-refractivity contribution is 8.14. The van der Waals surface area contributed by atoms with Gasteiger partial charge < -0.3 is 30.9 Å². The maximum atomic E-state index is 12.1. The molecule has 0 aromatic carbocycles. The van der Waals surface area contributed by atoms with Gasteiger partial charge in [-0.15, -0.1) is 0 Å². The maximum absolute atomic E-state index is 12.1. The van der Waals surface area contributed by atoms with Crippen LogP contribution in [-0.4, -0.2) is 112 Å². The molecule has 0 radical (unpaired) electrons. The average Bonchev–Trinajstić information content (AvgIpc) is 3.33. The van der Waals surface area contributed by atoms with Gasteiger partial charge in [0, 0.05) is 57.7 Å². The van der Waals surface area contributed by atoms with Crippen molar-refractivity contribution in [2.75, 3.05) is 45.0 Å². The monoisotopic (exact) mass is 559 g/mol. The number of nitrogens with one attached hydrogen (secondary N) is 2. The van der Waals surface area contributed by atoms with Crippen LogP contribution in [0.25, 0.3) is 0 Å². The number of carbonyl (C=O) groups is 2. The normalized spacial score (nSPS) is 23.7. The molecule has 2 aliphatic heterocycles. The fraction of sp³-hybridized carbons (Fsp3) is 0.889. The van der Waals surface area contributed by atoms with Gasteiger partial charge in [-0.3, -0.25) is 19.5 Å². The van der Waals surface area contributed by atoms with Crippen molar-refractivity contribution in [3.8, 4) is 0 Å². The molecule has 0 saturated carbocycles. The molecule has 38 heavy (non-hydrogen) atoms. The van der Waals surface area contributed by atoms with Crippen LogP contribution in [0.5, 0.6) is 0 Å². The quantitative estimate of drug-likeness (QED) is 0.171. The molecule has 2 unspecified atom stereocenters. The minimum atomic E-state index is -0.925. The van der Waals surface area contributed by atoms with E-state index in [0.29, 0.717) is 63.0 Å². The number of rotatable bonds is 17. The maximum Gasteiger partial charge on any atom is 0.220 e. The largest absolute Gasteiger partial charge is 0.390 e. The van der Waals surface area contributed by atoms with Crippen LogP contribution in [-0.2, 0) is 9.59 Å². The van der Waals surface area contributed by atoms with E-state index in [1.54, 1.807) is 4.90 Å². The Morgan fingerprint density at radius 2 is 1.50 bits per heavy atom. The summed E-state index contributed by atoms with van der Waals surface area (Å²) in [6.07, 6.45) is 4.60. The van der Waals surface area contributed by atoms with E-state index in [1.165, 1.54) is 11.8 Å². The minimum Gasteiger partial charge on any atom is -0.390 e. The highest BCUT2D eigenvalue weighted by atomic mass is 32.2. The third kappa shape index (κ3) is 12.6. The number of amidine groups is 1. The summed E-state index contributed by atoms with van der Waals surface area (Å²) in [5.74, 6) is 0.716. The Kier molecular flexibility index (Phi) is 18.7. The molecule has 11 heteroatoms. The third-order valence-corrected chi connectivity index (χ3v) is 7.81. The van der Waals surface area contributed by atoms with Crippen LogP contribution >= 0.6 is 11.8 Å². The van der Waals surface area contributed by atoms with Gasteiger partial charge in [0.15, 0.2) is 5.17 Å². The summed E-state index contributed by atoms with van der Waals surface area (Å²) in [5, 5.41) is 37.3. The van der Waals surface area contributed by atoms with Crippen LogP contribution in [0, 0.1) is 0 Å². The molecule has 5 N–H and O–H groups in total. The fourth-order valence-electron chi connectivity index (χ4n) is 4.50. The molecule has 2 heterocycles. The lowest BCUT2D eigenvalue weighted by Crippen LogP contribution is -2.58. The van der Waals surface area contributed by atoms with E-state index in [9.17, 15) is 24.9 Å². The van der Waals surface area contributed by atoms with Gasteiger partial charge in [0.25, 0.3) is 0 Å². The number of nitrogens with zero attached hydrogens (tertiary/aromatic N) is 3. The molecule has 2 rings (SSSR count). The van der Waals surface area contributed by atoms with Gasteiger partial charge in [-0.1, -0.05) is 65.1 Å². The highest BCUT2D eigenvalue weighted by Gasteiger charge is 2.46. The van der Waals surface area contributed by atoms with Gasteiger partial charge in [-0.05, 0) is 12.8 Å². The first-order valence-electron chi connectivity index (χ1n) is 14.6. The lowest BCUT2D eigenvalue weighted by molar-refractivity contribution is -0.121. The van der Waals surface area contributed by atoms with Crippen LogP contribution in [0.3, 0.4) is 0 Å². The number of fused-ring (bicyclic) bond motifs is 1. The first-order chi connectivity index (χ1) is 18.4. The molecule has 2 saturated heterocycles. The van der Waals surface area contributed by atoms with Gasteiger partial charge in [0.05, 0.1) is 18.7 Å². The van der Waals surface area contributed by atoms with Crippen molar-refractivity contribution >= 4 is 28.7 Å². The zero-order valence-corrected chi connectivity index (χ0v) is 24.8. The molecular formula is C27H53N5O5S. The summed E-state index contributed by atoms with van der Waals surface area (Å²) in [4.78, 5) is 32.7. The number of thioether (sulfide) groups is 1. The first-order valence-corrected chi connectivity index (χ1v) is 15.6. The molecular weight excluding hydrogens is 506 g/mol. The van der Waals surface area contributed by atoms with Crippen molar-refractivity contribution < 1.29 is 24.9 Å². The molecule has 0 bridgehead atoms. The summed E-state index contributed by atoms with van der Waals surface area (Å²) in [5.41, 5.74) is 0. The smallest absolute Gasteiger partial charge is 0.220 e. The van der Waals surface area contributed by atoms with Crippen molar-refractivity contribution in [1.29, 1.82) is 0 Å². The topological polar surface area (TPSA) is 138 Å². The molecule has 0 aromatic rings. The molecule has 0 aromatic heterocycles. The Morgan fingerprint density at radius 1 is 0.947 bits per heavy atom. The minimum absolute atomic E-state index is 0.0705. The molecule has 10 nitrogen and oxygen atoms in total. The lowest BCUT2D eigenvalue weighted by atomic mass is 9.96. The van der Waals surface area contributed by atoms with Gasteiger partial charge in [0.2, 0.25) is 11.8 Å². The van der Waals surface area contributed by atoms with Gasteiger partial charge in [-0.25, -0.2) is 0 Å². The van der Waals surface area contributed by atoms with E-state index in [1.807, 2.05) is 13.8 Å². The Hall–Kier alpha value is -1.40. The second-order valence-corrected chi connectivity index (χ2v) is 10.7. The lowest BCUT2D eigenvalue weighted by Gasteiger charge is -2.41. The van der Waals surface area contributed by atoms with Crippen LogP contribution in [0.4, 0.5) is 0 Å². The number of amides is 2. The summed E-state index contributed by atoms with van der Waals surface area (Å²) in [7, 11) is 0. The predicted molar refractivity (Wildman–Crippen MR) is 155 cm³/mol. The van der Waals surface area contributed by atoms with E-state index in [-0.39, 0.29) is 24.3 Å². The van der Waals surface area contributed by atoms with Crippen molar-refractivity contribution in [1.82, 2.24) is 20.4 Å². The van der Waals surface area contributed by atoms with E-state index in [4.69, 9.17) is 0 Å². The molecule has 222 valence electrons. The van der Waals surface area contributed by atoms with Crippen molar-refractivity contribution in [2.45, 2.75) is 110 Å². The number of hydrogen-bond acceptors (Lipinski definition) is 8. The summed E-state index contributed by atoms with van der Waals surface area (Å²) < 4.78 is 0. The molecule has 2 fully saturated rings. The Bertz CT molecular complexity index is 671. The van der Waals surface area contributed by atoms with Gasteiger partial charge in [-0.2, -0.15) is 0 Å². The third-order valence-electron chi connectivity index (χ3n) is 6.70. The van der Waals surface area contributed by atoms with Crippen LogP contribution in [0.15, 0.2) is 4.99 Å². The van der Waals surface area contributed by atoms with Crippen LogP contribution in [0.2, 0.25) is 0 Å². The number of aliphatic hydroxyl groups is 3. The fourth-order valence-corrected chi connectivity index (χ4v) is 5.76. The second kappa shape index (κ2) is 20.5. The molecule has 0 aliphatic carbocycles. The number of piperidine rings is 1. The van der Waals surface area contributed by atoms with Gasteiger partial charge >= 0.3 is 0 Å². The zero-order chi connectivity index (χ0) is 28.3. The number of carbonyl (C=O) groups excluding carboxylic acids is 2. The van der Waals surface area contributed by atoms with E-state index >= 15 is 0 Å². The first kappa shape index (κ1) is 34.6. The predicted octanol–water partition coefficient (Wildman–Crippen LogP) is 1.92. The van der Waals surface area contributed by atoms with Crippen molar-refractivity contribution in [3.05, 3.63) is 0 Å². The summed E-state index contributed by atoms with van der Waals surface area (Å²) in [6.45, 7) is 11.8. The molecule has 2 aliphatic rings. The summed E-state index contributed by atoms with van der Waals surface area (Å²) in [6, 6.07) is -0.338. The van der Waals surface area contributed by atoms with E-state index in [0.717, 1.165) is 38.5 Å². The molecule has 0 spiro atoms. The molecule has 4 atom stereocenters. The number of aliphatic hydroxyl groups excluding tert-OH is 3. The Balaban J connectivity index is 0.00000352. The van der Waals surface area contributed by atoms with E-state index < -0.39 is 18.4 Å². The zero-order valence-electron chi connectivity index (χ0n) is 24.0. The number of unbranched alkanes of at least 4 members (excludes halogenated alkanes) is 4.